The molecule has 3 aliphatic rings. The highest BCUT2D eigenvalue weighted by Gasteiger charge is 2.53. The first-order valence-electron chi connectivity index (χ1n) is 22.7. The van der Waals surface area contributed by atoms with Crippen LogP contribution in [0, 0.1) is 23.7 Å². The van der Waals surface area contributed by atoms with E-state index in [0.29, 0.717) is 55.4 Å². The van der Waals surface area contributed by atoms with Crippen molar-refractivity contribution in [1.29, 1.82) is 0 Å². The maximum Gasteiger partial charge on any atom is 0.407 e. The third-order valence-corrected chi connectivity index (χ3v) is 12.2. The molecular formula is C51H67N3O11. The van der Waals surface area contributed by atoms with E-state index in [1.54, 1.807) is 74.5 Å². The van der Waals surface area contributed by atoms with Gasteiger partial charge in [0.05, 0.1) is 11.2 Å². The number of fused-ring (bicyclic) bond motifs is 1. The minimum Gasteiger partial charge on any atom is -0.457 e. The van der Waals surface area contributed by atoms with Crippen molar-refractivity contribution in [2.24, 2.45) is 11.8 Å². The maximum absolute atomic E-state index is 13.9. The van der Waals surface area contributed by atoms with E-state index < -0.39 is 63.3 Å². The SMILES string of the molecule is CC(C)(CCOC(C)(C)CCNC(=O)OC1C2CCC#CCCC21)NC(=O)CCC(C)(C)OCCC(C)(C)N1C(=O)C(C(=O)OCc2ccccc2)=C(C(=O)OCc2ccccc2)C1=O. The van der Waals surface area contributed by atoms with Crippen molar-refractivity contribution < 1.29 is 52.5 Å². The molecule has 1 aliphatic heterocycles. The van der Waals surface area contributed by atoms with Crippen LogP contribution in [-0.4, -0.2) is 88.8 Å². The molecule has 2 aromatic rings. The fraction of sp³-hybridized carbons (Fsp3) is 0.569. The summed E-state index contributed by atoms with van der Waals surface area (Å²) in [5.41, 5.74) is -3.08. The molecule has 14 heteroatoms. The van der Waals surface area contributed by atoms with Crippen LogP contribution in [0.5, 0.6) is 0 Å². The average Bonchev–Trinajstić information content (AvgIpc) is 3.76. The number of benzene rings is 2. The van der Waals surface area contributed by atoms with Crippen molar-refractivity contribution in [2.75, 3.05) is 19.8 Å². The Morgan fingerprint density at radius 3 is 1.65 bits per heavy atom. The van der Waals surface area contributed by atoms with E-state index in [2.05, 4.69) is 22.5 Å². The van der Waals surface area contributed by atoms with Crippen LogP contribution < -0.4 is 10.6 Å². The molecule has 2 aliphatic carbocycles. The maximum atomic E-state index is 13.9. The van der Waals surface area contributed by atoms with Crippen LogP contribution in [0.2, 0.25) is 0 Å². The molecule has 1 fully saturated rings. The molecule has 2 aromatic carbocycles. The normalized spacial score (nSPS) is 18.7. The number of rotatable bonds is 23. The van der Waals surface area contributed by atoms with Crippen molar-refractivity contribution in [2.45, 2.75) is 155 Å². The summed E-state index contributed by atoms with van der Waals surface area (Å²) in [5.74, 6) is 2.90. The predicted molar refractivity (Wildman–Crippen MR) is 242 cm³/mol. The van der Waals surface area contributed by atoms with Crippen LogP contribution in [0.15, 0.2) is 71.8 Å². The molecule has 0 saturated heterocycles. The molecule has 14 nitrogen and oxygen atoms in total. The Morgan fingerprint density at radius 2 is 1.14 bits per heavy atom. The number of esters is 2. The summed E-state index contributed by atoms with van der Waals surface area (Å²) in [6.07, 6.45) is 5.12. The first-order chi connectivity index (χ1) is 30.7. The highest BCUT2D eigenvalue weighted by Crippen LogP contribution is 2.48. The van der Waals surface area contributed by atoms with Gasteiger partial charge in [0.1, 0.15) is 30.5 Å². The second-order valence-corrected chi connectivity index (χ2v) is 19.6. The number of ether oxygens (including phenoxy) is 5. The van der Waals surface area contributed by atoms with Gasteiger partial charge in [-0.1, -0.05) is 60.7 Å². The van der Waals surface area contributed by atoms with Crippen molar-refractivity contribution >= 4 is 35.8 Å². The van der Waals surface area contributed by atoms with Gasteiger partial charge in [-0.3, -0.25) is 19.3 Å². The number of imide groups is 1. The molecule has 0 aromatic heterocycles. The number of nitrogens with one attached hydrogen (secondary N) is 2. The van der Waals surface area contributed by atoms with E-state index in [1.165, 1.54) is 0 Å². The van der Waals surface area contributed by atoms with Crippen LogP contribution in [0.1, 0.15) is 124 Å². The lowest BCUT2D eigenvalue weighted by molar-refractivity contribution is -0.148. The van der Waals surface area contributed by atoms with Gasteiger partial charge in [0.25, 0.3) is 11.8 Å². The lowest BCUT2D eigenvalue weighted by Gasteiger charge is -2.35. The zero-order valence-corrected chi connectivity index (χ0v) is 39.3. The van der Waals surface area contributed by atoms with E-state index in [-0.39, 0.29) is 44.7 Å². The third-order valence-electron chi connectivity index (χ3n) is 12.2. The molecule has 4 amide bonds. The fourth-order valence-corrected chi connectivity index (χ4v) is 8.01. The first kappa shape index (κ1) is 50.5. The Morgan fingerprint density at radius 1 is 0.662 bits per heavy atom. The number of hydrogen-bond donors (Lipinski definition) is 2. The lowest BCUT2D eigenvalue weighted by atomic mass is 9.97. The zero-order chi connectivity index (χ0) is 47.4. The molecule has 2 N–H and O–H groups in total. The standard InChI is InChI=1S/C51H67N3O11/c1-48(2,28-31-63-51(7,8)27-30-52-47(60)65-42-37-23-17-9-10-18-24-38(37)42)53-39(55)25-26-50(5,6)64-32-29-49(3,4)54-43(56)40(45(58)61-33-35-19-13-11-14-20-35)41(44(54)57)46(59)62-34-36-21-15-12-16-22-36/h11-16,19-22,37-38,42H,17-18,23-34H2,1-8H3,(H,52,60)(H,53,55). The van der Waals surface area contributed by atoms with Crippen LogP contribution in [0.25, 0.3) is 0 Å². The summed E-state index contributed by atoms with van der Waals surface area (Å²) in [6, 6.07) is 17.6. The van der Waals surface area contributed by atoms with Gasteiger partial charge in [-0.15, -0.1) is 11.8 Å². The van der Waals surface area contributed by atoms with Gasteiger partial charge in [0, 0.05) is 61.9 Å². The second kappa shape index (κ2) is 22.1. The summed E-state index contributed by atoms with van der Waals surface area (Å²) in [4.78, 5) is 81.3. The van der Waals surface area contributed by atoms with Crippen LogP contribution >= 0.6 is 0 Å². The van der Waals surface area contributed by atoms with Crippen molar-refractivity contribution in [3.05, 3.63) is 82.9 Å². The number of amides is 4. The summed E-state index contributed by atoms with van der Waals surface area (Å²) in [5, 5.41) is 5.97. The van der Waals surface area contributed by atoms with Gasteiger partial charge >= 0.3 is 18.0 Å². The Balaban J connectivity index is 1.04. The van der Waals surface area contributed by atoms with Gasteiger partial charge in [-0.2, -0.15) is 0 Å². The third kappa shape index (κ3) is 15.0. The molecule has 2 unspecified atom stereocenters. The second-order valence-electron chi connectivity index (χ2n) is 19.6. The summed E-state index contributed by atoms with van der Waals surface area (Å²) in [6.45, 7) is 15.4. The average molecular weight is 898 g/mol. The number of hydrogen-bond acceptors (Lipinski definition) is 11. The molecule has 65 heavy (non-hydrogen) atoms. The van der Waals surface area contributed by atoms with Gasteiger partial charge in [-0.25, -0.2) is 14.4 Å². The molecule has 0 spiro atoms. The number of carbonyl (C=O) groups excluding carboxylic acids is 6. The Hall–Kier alpha value is -5.52. The monoisotopic (exact) mass is 897 g/mol. The Labute approximate surface area is 383 Å². The molecule has 352 valence electrons. The van der Waals surface area contributed by atoms with Crippen molar-refractivity contribution in [3.8, 4) is 11.8 Å². The Kier molecular flexibility index (Phi) is 17.2. The van der Waals surface area contributed by atoms with Gasteiger partial charge in [0.15, 0.2) is 0 Å². The van der Waals surface area contributed by atoms with E-state index >= 15 is 0 Å². The van der Waals surface area contributed by atoms with Gasteiger partial charge in [0.2, 0.25) is 5.91 Å². The summed E-state index contributed by atoms with van der Waals surface area (Å²) in [7, 11) is 0. The molecular weight excluding hydrogens is 831 g/mol. The molecule has 1 saturated carbocycles. The lowest BCUT2D eigenvalue weighted by Crippen LogP contribution is -2.50. The number of nitrogens with zero attached hydrogens (tertiary/aromatic N) is 1. The summed E-state index contributed by atoms with van der Waals surface area (Å²) >= 11 is 0. The smallest absolute Gasteiger partial charge is 0.407 e. The molecule has 5 rings (SSSR count). The van der Waals surface area contributed by atoms with E-state index in [4.69, 9.17) is 23.7 Å². The van der Waals surface area contributed by atoms with Crippen LogP contribution in [-0.2, 0) is 60.9 Å². The van der Waals surface area contributed by atoms with Crippen LogP contribution in [0.4, 0.5) is 4.79 Å². The van der Waals surface area contributed by atoms with Crippen LogP contribution in [0.3, 0.4) is 0 Å². The number of carbonyl (C=O) groups is 6. The predicted octanol–water partition coefficient (Wildman–Crippen LogP) is 7.27. The van der Waals surface area contributed by atoms with E-state index in [9.17, 15) is 28.8 Å². The van der Waals surface area contributed by atoms with Gasteiger partial charge in [-0.05, 0) is 105 Å². The molecule has 0 bridgehead atoms. The minimum absolute atomic E-state index is 0.0176. The zero-order valence-electron chi connectivity index (χ0n) is 39.3. The first-order valence-corrected chi connectivity index (χ1v) is 22.7. The highest BCUT2D eigenvalue weighted by molar-refractivity contribution is 6.38. The molecule has 0 radical (unpaired) electrons. The quantitative estimate of drug-likeness (QED) is 0.0377. The number of alkyl carbamates (subject to hydrolysis) is 1. The van der Waals surface area contributed by atoms with Crippen molar-refractivity contribution in [1.82, 2.24) is 15.5 Å². The Bertz CT molecular complexity index is 2020. The minimum atomic E-state index is -1.21. The van der Waals surface area contributed by atoms with E-state index in [0.717, 1.165) is 30.6 Å². The largest absolute Gasteiger partial charge is 0.457 e. The molecule has 2 atom stereocenters. The highest BCUT2D eigenvalue weighted by atomic mass is 16.6. The fourth-order valence-electron chi connectivity index (χ4n) is 8.01. The van der Waals surface area contributed by atoms with E-state index in [1.807, 2.05) is 41.5 Å². The van der Waals surface area contributed by atoms with Gasteiger partial charge < -0.3 is 34.3 Å². The topological polar surface area (TPSA) is 176 Å². The summed E-state index contributed by atoms with van der Waals surface area (Å²) < 4.78 is 29.0. The van der Waals surface area contributed by atoms with Crippen molar-refractivity contribution in [3.63, 3.8) is 0 Å². The molecule has 1 heterocycles.